The largest absolute Gasteiger partial charge is 0.439 e. The monoisotopic (exact) mass is 360 g/mol. The van der Waals surface area contributed by atoms with Crippen molar-refractivity contribution in [2.24, 2.45) is 16.9 Å². The van der Waals surface area contributed by atoms with Crippen molar-refractivity contribution in [1.29, 1.82) is 0 Å². The van der Waals surface area contributed by atoms with Gasteiger partial charge in [-0.1, -0.05) is 37.1 Å². The van der Waals surface area contributed by atoms with Crippen molar-refractivity contribution in [1.82, 2.24) is 5.01 Å². The maximum absolute atomic E-state index is 13.7. The molecule has 0 bridgehead atoms. The number of halogens is 4. The molecule has 130 valence electrons. The van der Waals surface area contributed by atoms with Gasteiger partial charge >= 0.3 is 6.18 Å². The highest BCUT2D eigenvalue weighted by Crippen LogP contribution is 2.49. The van der Waals surface area contributed by atoms with Crippen LogP contribution in [-0.4, -0.2) is 33.6 Å². The van der Waals surface area contributed by atoms with Crippen LogP contribution < -0.4 is 0 Å². The zero-order valence-corrected chi connectivity index (χ0v) is 13.6. The van der Waals surface area contributed by atoms with Crippen molar-refractivity contribution >= 4 is 23.2 Å². The van der Waals surface area contributed by atoms with Crippen molar-refractivity contribution in [2.75, 3.05) is 0 Å². The minimum Gasteiger partial charge on any atom is -0.362 e. The van der Waals surface area contributed by atoms with E-state index in [2.05, 4.69) is 5.10 Å². The molecule has 24 heavy (non-hydrogen) atoms. The van der Waals surface area contributed by atoms with Gasteiger partial charge in [-0.3, -0.25) is 4.79 Å². The molecule has 1 heterocycles. The molecule has 1 N–H and O–H groups in total. The average molecular weight is 361 g/mol. The van der Waals surface area contributed by atoms with Crippen LogP contribution in [0.25, 0.3) is 0 Å². The summed E-state index contributed by atoms with van der Waals surface area (Å²) in [6, 6.07) is 5.77. The first-order valence-corrected chi connectivity index (χ1v) is 8.02. The van der Waals surface area contributed by atoms with E-state index in [0.29, 0.717) is 12.8 Å². The fourth-order valence-electron chi connectivity index (χ4n) is 3.45. The van der Waals surface area contributed by atoms with E-state index in [1.165, 1.54) is 18.2 Å². The average Bonchev–Trinajstić information content (AvgIpc) is 2.83. The van der Waals surface area contributed by atoms with Gasteiger partial charge in [-0.15, -0.1) is 0 Å². The number of carbonyl (C=O) groups excluding carboxylic acids is 1. The van der Waals surface area contributed by atoms with E-state index < -0.39 is 23.7 Å². The summed E-state index contributed by atoms with van der Waals surface area (Å²) in [5.41, 5.74) is -3.24. The zero-order valence-electron chi connectivity index (χ0n) is 12.8. The molecule has 3 atom stereocenters. The van der Waals surface area contributed by atoms with Gasteiger partial charge in [0.15, 0.2) is 0 Å². The molecule has 3 rings (SSSR count). The van der Waals surface area contributed by atoms with Crippen molar-refractivity contribution in [3.63, 3.8) is 0 Å². The number of fused-ring (bicyclic) bond motifs is 1. The number of aliphatic hydroxyl groups is 1. The number of amides is 1. The lowest BCUT2D eigenvalue weighted by molar-refractivity contribution is -0.312. The lowest BCUT2D eigenvalue weighted by atomic mass is 9.75. The predicted molar refractivity (Wildman–Crippen MR) is 82.6 cm³/mol. The van der Waals surface area contributed by atoms with E-state index >= 15 is 0 Å². The number of hydrazone groups is 1. The summed E-state index contributed by atoms with van der Waals surface area (Å²) >= 11 is 5.93. The molecule has 1 aliphatic carbocycles. The van der Waals surface area contributed by atoms with Crippen molar-refractivity contribution in [3.05, 3.63) is 34.9 Å². The third-order valence-corrected chi connectivity index (χ3v) is 5.06. The maximum atomic E-state index is 13.7. The van der Waals surface area contributed by atoms with Crippen LogP contribution in [0.15, 0.2) is 29.4 Å². The second-order valence-electron chi connectivity index (χ2n) is 6.23. The number of alkyl halides is 3. The molecule has 1 saturated carbocycles. The minimum atomic E-state index is -5.03. The molecule has 0 spiro atoms. The molecule has 2 aliphatic rings. The van der Waals surface area contributed by atoms with Crippen LogP contribution in [0.5, 0.6) is 0 Å². The van der Waals surface area contributed by atoms with E-state index in [1.54, 1.807) is 13.0 Å². The van der Waals surface area contributed by atoms with Gasteiger partial charge in [0, 0.05) is 5.71 Å². The molecular weight excluding hydrogens is 345 g/mol. The Morgan fingerprint density at radius 2 is 2.04 bits per heavy atom. The summed E-state index contributed by atoms with van der Waals surface area (Å²) < 4.78 is 41.2. The second kappa shape index (κ2) is 5.74. The van der Waals surface area contributed by atoms with Crippen LogP contribution in [0.1, 0.15) is 36.5 Å². The SMILES string of the molecule is C[C@@H]1CCC[C@@H]2C1=NN(C(=O)c1ccccc1Cl)[C@]2(O)C(F)(F)F. The first-order valence-electron chi connectivity index (χ1n) is 7.64. The highest BCUT2D eigenvalue weighted by Gasteiger charge is 2.69. The van der Waals surface area contributed by atoms with Crippen molar-refractivity contribution < 1.29 is 23.1 Å². The fraction of sp³-hybridized carbons (Fsp3) is 0.500. The Labute approximate surface area is 141 Å². The number of hydrogen-bond acceptors (Lipinski definition) is 3. The predicted octanol–water partition coefficient (Wildman–Crippen LogP) is 3.84. The van der Waals surface area contributed by atoms with Crippen LogP contribution in [0.4, 0.5) is 13.2 Å². The molecule has 0 unspecified atom stereocenters. The van der Waals surface area contributed by atoms with Crippen LogP contribution >= 0.6 is 11.6 Å². The van der Waals surface area contributed by atoms with Crippen molar-refractivity contribution in [3.8, 4) is 0 Å². The number of benzene rings is 1. The van der Waals surface area contributed by atoms with Gasteiger partial charge in [0.05, 0.1) is 16.5 Å². The van der Waals surface area contributed by atoms with Gasteiger partial charge in [0.25, 0.3) is 11.6 Å². The number of nitrogens with zero attached hydrogens (tertiary/aromatic N) is 2. The van der Waals surface area contributed by atoms with E-state index in [0.717, 1.165) is 0 Å². The molecule has 1 aromatic rings. The zero-order chi connectivity index (χ0) is 17.7. The molecule has 4 nitrogen and oxygen atoms in total. The Bertz CT molecular complexity index is 707. The summed E-state index contributed by atoms with van der Waals surface area (Å²) in [6.07, 6.45) is -3.68. The highest BCUT2D eigenvalue weighted by molar-refractivity contribution is 6.33. The summed E-state index contributed by atoms with van der Waals surface area (Å²) in [5, 5.41) is 14.6. The van der Waals surface area contributed by atoms with E-state index in [9.17, 15) is 23.1 Å². The van der Waals surface area contributed by atoms with Gasteiger partial charge in [-0.05, 0) is 30.9 Å². The molecular formula is C16H16ClF3N2O2. The van der Waals surface area contributed by atoms with Crippen LogP contribution in [0.3, 0.4) is 0 Å². The van der Waals surface area contributed by atoms with Gasteiger partial charge in [-0.25, -0.2) is 0 Å². The normalized spacial score (nSPS) is 30.1. The molecule has 0 saturated heterocycles. The Morgan fingerprint density at radius 1 is 1.38 bits per heavy atom. The molecule has 1 fully saturated rings. The first kappa shape index (κ1) is 17.2. The first-order chi connectivity index (χ1) is 11.2. The summed E-state index contributed by atoms with van der Waals surface area (Å²) in [4.78, 5) is 12.7. The van der Waals surface area contributed by atoms with E-state index in [1.807, 2.05) is 0 Å². The molecule has 8 heteroatoms. The van der Waals surface area contributed by atoms with Gasteiger partial charge in [-0.2, -0.15) is 23.3 Å². The summed E-state index contributed by atoms with van der Waals surface area (Å²) in [6.45, 7) is 1.76. The number of carbonyl (C=O) groups is 1. The highest BCUT2D eigenvalue weighted by atomic mass is 35.5. The van der Waals surface area contributed by atoms with Crippen LogP contribution in [-0.2, 0) is 0 Å². The smallest absolute Gasteiger partial charge is 0.362 e. The Kier molecular flexibility index (Phi) is 4.12. The Balaban J connectivity index is 2.10. The maximum Gasteiger partial charge on any atom is 0.439 e. The van der Waals surface area contributed by atoms with Gasteiger partial charge in [0.2, 0.25) is 0 Å². The standard InChI is InChI=1S/C16H16ClF3N2O2/c1-9-5-4-7-11-13(9)21-22(15(11,24)16(18,19)20)14(23)10-6-2-3-8-12(10)17/h2-3,6,8-9,11,24H,4-5,7H2,1H3/t9-,11-,15-/m1/s1. The number of rotatable bonds is 1. The second-order valence-corrected chi connectivity index (χ2v) is 6.64. The van der Waals surface area contributed by atoms with Crippen LogP contribution in [0, 0.1) is 11.8 Å². The summed E-state index contributed by atoms with van der Waals surface area (Å²) in [7, 11) is 0. The summed E-state index contributed by atoms with van der Waals surface area (Å²) in [5.74, 6) is -2.52. The van der Waals surface area contributed by atoms with Gasteiger partial charge in [0.1, 0.15) is 0 Å². The molecule has 1 amide bonds. The molecule has 1 aliphatic heterocycles. The van der Waals surface area contributed by atoms with Crippen LogP contribution in [0.2, 0.25) is 5.02 Å². The third-order valence-electron chi connectivity index (χ3n) is 4.73. The van der Waals surface area contributed by atoms with Gasteiger partial charge < -0.3 is 5.11 Å². The lowest BCUT2D eigenvalue weighted by Crippen LogP contribution is -2.61. The molecule has 1 aromatic carbocycles. The fourth-order valence-corrected chi connectivity index (χ4v) is 3.67. The van der Waals surface area contributed by atoms with E-state index in [-0.39, 0.29) is 33.6 Å². The topological polar surface area (TPSA) is 52.9 Å². The van der Waals surface area contributed by atoms with Crippen molar-refractivity contribution in [2.45, 2.75) is 38.1 Å². The minimum absolute atomic E-state index is 0.00939. The Morgan fingerprint density at radius 3 is 2.67 bits per heavy atom. The number of hydrogen-bond donors (Lipinski definition) is 1. The van der Waals surface area contributed by atoms with E-state index in [4.69, 9.17) is 11.6 Å². The lowest BCUT2D eigenvalue weighted by Gasteiger charge is -2.39. The quantitative estimate of drug-likeness (QED) is 0.827. The molecule has 0 aromatic heterocycles. The Hall–Kier alpha value is -1.60. The third kappa shape index (κ3) is 2.41. The molecule has 0 radical (unpaired) electrons.